The zero-order valence-corrected chi connectivity index (χ0v) is 14.7. The number of hydrogen-bond acceptors (Lipinski definition) is 5. The van der Waals surface area contributed by atoms with E-state index in [-0.39, 0.29) is 22.2 Å². The van der Waals surface area contributed by atoms with Crippen LogP contribution in [0.2, 0.25) is 5.02 Å². The number of amides is 1. The van der Waals surface area contributed by atoms with Crippen LogP contribution in [-0.2, 0) is 0 Å². The van der Waals surface area contributed by atoms with E-state index in [4.69, 9.17) is 11.6 Å². The van der Waals surface area contributed by atoms with Crippen LogP contribution in [0.5, 0.6) is 0 Å². The molecule has 1 fully saturated rings. The molecular formula is C17H19ClN4O4. The van der Waals surface area contributed by atoms with Gasteiger partial charge in [0.2, 0.25) is 0 Å². The van der Waals surface area contributed by atoms with Crippen molar-refractivity contribution in [2.24, 2.45) is 5.92 Å². The standard InChI is InChI=1S/C17H19ClN4O4/c18-13-7-6-11(22-17(26)20-14(23)9-19-22)8-12(13)16(25)21-15(24)10-4-2-1-3-5-10/h6-10,15,24H,1-5H2,(H,21,25)(H,20,23,26). The second kappa shape index (κ2) is 7.84. The normalized spacial score (nSPS) is 16.2. The molecule has 1 aliphatic carbocycles. The number of nitrogens with one attached hydrogen (secondary N) is 2. The Morgan fingerprint density at radius 3 is 2.73 bits per heavy atom. The summed E-state index contributed by atoms with van der Waals surface area (Å²) in [5.41, 5.74) is -0.964. The second-order valence-corrected chi connectivity index (χ2v) is 6.74. The molecule has 8 nitrogen and oxygen atoms in total. The van der Waals surface area contributed by atoms with Crippen LogP contribution in [0.4, 0.5) is 0 Å². The average molecular weight is 379 g/mol. The lowest BCUT2D eigenvalue weighted by molar-refractivity contribution is 0.0463. The first-order valence-corrected chi connectivity index (χ1v) is 8.81. The van der Waals surface area contributed by atoms with Crippen LogP contribution >= 0.6 is 11.6 Å². The SMILES string of the molecule is O=C(NC(O)C1CCCCC1)c1cc(-n2ncc(=O)[nH]c2=O)ccc1Cl. The average Bonchev–Trinajstić information content (AvgIpc) is 2.63. The first kappa shape index (κ1) is 18.3. The molecule has 1 aliphatic rings. The number of halogens is 1. The molecule has 0 aliphatic heterocycles. The van der Waals surface area contributed by atoms with Gasteiger partial charge in [-0.15, -0.1) is 0 Å². The third kappa shape index (κ3) is 4.03. The molecular weight excluding hydrogens is 360 g/mol. The number of carbonyl (C=O) groups excluding carboxylic acids is 1. The number of H-pyrrole nitrogens is 1. The monoisotopic (exact) mass is 378 g/mol. The Labute approximate surface area is 153 Å². The maximum absolute atomic E-state index is 12.5. The van der Waals surface area contributed by atoms with Gasteiger partial charge in [-0.3, -0.25) is 14.6 Å². The van der Waals surface area contributed by atoms with Gasteiger partial charge in [0, 0.05) is 5.92 Å². The molecule has 1 unspecified atom stereocenters. The Bertz CT molecular complexity index is 917. The van der Waals surface area contributed by atoms with Crippen molar-refractivity contribution in [2.45, 2.75) is 38.3 Å². The number of aliphatic hydroxyl groups is 1. The Balaban J connectivity index is 1.84. The number of carbonyl (C=O) groups is 1. The highest BCUT2D eigenvalue weighted by molar-refractivity contribution is 6.33. The number of nitrogens with zero attached hydrogens (tertiary/aromatic N) is 2. The summed E-state index contributed by atoms with van der Waals surface area (Å²) in [4.78, 5) is 37.6. The van der Waals surface area contributed by atoms with Gasteiger partial charge in [0.15, 0.2) is 0 Å². The van der Waals surface area contributed by atoms with Gasteiger partial charge >= 0.3 is 5.69 Å². The molecule has 9 heteroatoms. The quantitative estimate of drug-likeness (QED) is 0.691. The fourth-order valence-electron chi connectivity index (χ4n) is 3.14. The smallest absolute Gasteiger partial charge is 0.349 e. The van der Waals surface area contributed by atoms with Gasteiger partial charge in [-0.2, -0.15) is 9.78 Å². The van der Waals surface area contributed by atoms with Crippen LogP contribution in [0, 0.1) is 5.92 Å². The molecule has 0 radical (unpaired) electrons. The summed E-state index contributed by atoms with van der Waals surface area (Å²) in [5.74, 6) is -0.509. The molecule has 1 amide bonds. The van der Waals surface area contributed by atoms with Gasteiger partial charge < -0.3 is 10.4 Å². The second-order valence-electron chi connectivity index (χ2n) is 6.33. The van der Waals surface area contributed by atoms with E-state index in [2.05, 4.69) is 15.4 Å². The highest BCUT2D eigenvalue weighted by Crippen LogP contribution is 2.26. The summed E-state index contributed by atoms with van der Waals surface area (Å²) in [6, 6.07) is 4.35. The molecule has 3 N–H and O–H groups in total. The van der Waals surface area contributed by atoms with Crippen molar-refractivity contribution < 1.29 is 9.90 Å². The van der Waals surface area contributed by atoms with Crippen molar-refractivity contribution in [1.29, 1.82) is 0 Å². The zero-order chi connectivity index (χ0) is 18.7. The van der Waals surface area contributed by atoms with E-state index in [1.165, 1.54) is 18.2 Å². The molecule has 26 heavy (non-hydrogen) atoms. The lowest BCUT2D eigenvalue weighted by atomic mass is 9.88. The topological polar surface area (TPSA) is 117 Å². The van der Waals surface area contributed by atoms with Crippen molar-refractivity contribution in [1.82, 2.24) is 20.1 Å². The summed E-state index contributed by atoms with van der Waals surface area (Å²) in [5, 5.41) is 16.8. The lowest BCUT2D eigenvalue weighted by Crippen LogP contribution is -2.41. The maximum atomic E-state index is 12.5. The predicted octanol–water partition coefficient (Wildman–Crippen LogP) is 1.20. The van der Waals surface area contributed by atoms with E-state index >= 15 is 0 Å². The number of hydrogen-bond donors (Lipinski definition) is 3. The summed E-state index contributed by atoms with van der Waals surface area (Å²) in [6.07, 6.45) is 4.96. The van der Waals surface area contributed by atoms with Crippen LogP contribution < -0.4 is 16.6 Å². The van der Waals surface area contributed by atoms with Crippen LogP contribution in [0.3, 0.4) is 0 Å². The molecule has 0 spiro atoms. The molecule has 1 aromatic carbocycles. The van der Waals surface area contributed by atoms with Crippen LogP contribution in [-0.4, -0.2) is 32.0 Å². The minimum Gasteiger partial charge on any atom is -0.373 e. The van der Waals surface area contributed by atoms with Crippen molar-refractivity contribution >= 4 is 17.5 Å². The molecule has 0 saturated heterocycles. The number of rotatable bonds is 4. The number of aromatic nitrogens is 3. The van der Waals surface area contributed by atoms with Crippen LogP contribution in [0.15, 0.2) is 34.0 Å². The zero-order valence-electron chi connectivity index (χ0n) is 13.9. The van der Waals surface area contributed by atoms with Crippen LogP contribution in [0.1, 0.15) is 42.5 Å². The van der Waals surface area contributed by atoms with E-state index in [0.717, 1.165) is 43.0 Å². The molecule has 2 aromatic rings. The van der Waals surface area contributed by atoms with Gasteiger partial charge in [0.25, 0.3) is 11.5 Å². The Kier molecular flexibility index (Phi) is 5.53. The maximum Gasteiger partial charge on any atom is 0.349 e. The first-order chi connectivity index (χ1) is 12.5. The highest BCUT2D eigenvalue weighted by atomic mass is 35.5. The van der Waals surface area contributed by atoms with E-state index < -0.39 is 23.4 Å². The molecule has 0 bridgehead atoms. The van der Waals surface area contributed by atoms with Crippen molar-refractivity contribution in [3.8, 4) is 5.69 Å². The molecule has 1 saturated carbocycles. The summed E-state index contributed by atoms with van der Waals surface area (Å²) in [6.45, 7) is 0. The molecule has 1 heterocycles. The number of benzene rings is 1. The fourth-order valence-corrected chi connectivity index (χ4v) is 3.34. The summed E-state index contributed by atoms with van der Waals surface area (Å²) in [7, 11) is 0. The predicted molar refractivity (Wildman–Crippen MR) is 95.5 cm³/mol. The minimum atomic E-state index is -0.948. The highest BCUT2D eigenvalue weighted by Gasteiger charge is 2.24. The summed E-state index contributed by atoms with van der Waals surface area (Å²) >= 11 is 6.10. The van der Waals surface area contributed by atoms with Crippen molar-refractivity contribution in [3.05, 3.63) is 55.8 Å². The van der Waals surface area contributed by atoms with Gasteiger partial charge in [-0.05, 0) is 31.0 Å². The molecule has 3 rings (SSSR count). The third-order valence-electron chi connectivity index (χ3n) is 4.53. The van der Waals surface area contributed by atoms with E-state index in [9.17, 15) is 19.5 Å². The number of aromatic amines is 1. The number of aliphatic hydroxyl groups excluding tert-OH is 1. The van der Waals surface area contributed by atoms with Gasteiger partial charge in [-0.1, -0.05) is 30.9 Å². The molecule has 1 aromatic heterocycles. The fraction of sp³-hybridized carbons (Fsp3) is 0.412. The van der Waals surface area contributed by atoms with Gasteiger partial charge in [-0.25, -0.2) is 4.79 Å². The van der Waals surface area contributed by atoms with Crippen molar-refractivity contribution in [2.75, 3.05) is 0 Å². The molecule has 138 valence electrons. The lowest BCUT2D eigenvalue weighted by Gasteiger charge is -2.27. The van der Waals surface area contributed by atoms with Crippen molar-refractivity contribution in [3.63, 3.8) is 0 Å². The molecule has 1 atom stereocenters. The van der Waals surface area contributed by atoms with Gasteiger partial charge in [0.1, 0.15) is 12.4 Å². The Morgan fingerprint density at radius 2 is 2.04 bits per heavy atom. The minimum absolute atomic E-state index is 0.0261. The summed E-state index contributed by atoms with van der Waals surface area (Å²) < 4.78 is 0.950. The van der Waals surface area contributed by atoms with Gasteiger partial charge in [0.05, 0.1) is 16.3 Å². The Morgan fingerprint density at radius 1 is 1.31 bits per heavy atom. The van der Waals surface area contributed by atoms with E-state index in [1.54, 1.807) is 0 Å². The largest absolute Gasteiger partial charge is 0.373 e. The third-order valence-corrected chi connectivity index (χ3v) is 4.86. The first-order valence-electron chi connectivity index (χ1n) is 8.43. The Hall–Kier alpha value is -2.45. The van der Waals surface area contributed by atoms with E-state index in [1.807, 2.05) is 0 Å². The van der Waals surface area contributed by atoms with E-state index in [0.29, 0.717) is 0 Å². The van der Waals surface area contributed by atoms with Crippen LogP contribution in [0.25, 0.3) is 5.69 Å².